The lowest BCUT2D eigenvalue weighted by atomic mass is 10.0. The van der Waals surface area contributed by atoms with Gasteiger partial charge in [0.05, 0.1) is 17.6 Å². The van der Waals surface area contributed by atoms with Crippen LogP contribution in [0.25, 0.3) is 21.8 Å². The van der Waals surface area contributed by atoms with E-state index in [0.29, 0.717) is 0 Å². The second-order valence-corrected chi connectivity index (χ2v) is 8.59. The predicted molar refractivity (Wildman–Crippen MR) is 124 cm³/mol. The number of aryl methyl sites for hydroxylation is 3. The molecule has 5 heteroatoms. The quantitative estimate of drug-likeness (QED) is 0.483. The summed E-state index contributed by atoms with van der Waals surface area (Å²) in [5.41, 5.74) is 4.51. The molecule has 1 N–H and O–H groups in total. The van der Waals surface area contributed by atoms with Crippen molar-refractivity contribution in [2.75, 3.05) is 45.9 Å². The molecule has 1 aromatic heterocycles. The Balaban J connectivity index is 1.51. The summed E-state index contributed by atoms with van der Waals surface area (Å²) in [7, 11) is 0. The van der Waals surface area contributed by atoms with E-state index in [2.05, 4.69) is 39.5 Å². The van der Waals surface area contributed by atoms with Crippen LogP contribution < -0.4 is 5.43 Å². The minimum atomic E-state index is 0.148. The fraction of sp³-hybridized carbons (Fsp3) is 0.480. The molecule has 0 aliphatic carbocycles. The Bertz CT molecular complexity index is 1080. The molecule has 0 saturated carbocycles. The first kappa shape index (κ1) is 21.0. The summed E-state index contributed by atoms with van der Waals surface area (Å²) in [5.74, 6) is 0. The molecule has 1 aliphatic heterocycles. The van der Waals surface area contributed by atoms with E-state index in [9.17, 15) is 4.79 Å². The highest BCUT2D eigenvalue weighted by molar-refractivity contribution is 5.95. The van der Waals surface area contributed by atoms with E-state index in [4.69, 9.17) is 5.11 Å². The first-order valence-electron chi connectivity index (χ1n) is 11.2. The lowest BCUT2D eigenvalue weighted by Crippen LogP contribution is -2.47. The van der Waals surface area contributed by atoms with Gasteiger partial charge in [0.25, 0.3) is 0 Å². The van der Waals surface area contributed by atoms with Gasteiger partial charge in [0.1, 0.15) is 0 Å². The summed E-state index contributed by atoms with van der Waals surface area (Å²) < 4.78 is 2.35. The van der Waals surface area contributed by atoms with Crippen LogP contribution in [0.2, 0.25) is 0 Å². The molecule has 160 valence electrons. The third-order valence-corrected chi connectivity index (χ3v) is 6.40. The van der Waals surface area contributed by atoms with Crippen LogP contribution in [0.3, 0.4) is 0 Å². The molecule has 0 amide bonds. The Labute approximate surface area is 178 Å². The van der Waals surface area contributed by atoms with E-state index in [1.165, 1.54) is 5.56 Å². The number of pyridine rings is 1. The summed E-state index contributed by atoms with van der Waals surface area (Å²) in [5, 5.41) is 10.8. The van der Waals surface area contributed by atoms with Gasteiger partial charge in [0.2, 0.25) is 0 Å². The second-order valence-electron chi connectivity index (χ2n) is 8.59. The summed E-state index contributed by atoms with van der Waals surface area (Å²) in [4.78, 5) is 18.0. The van der Waals surface area contributed by atoms with Crippen LogP contribution >= 0.6 is 0 Å². The number of benzene rings is 2. The van der Waals surface area contributed by atoms with Crippen molar-refractivity contribution in [2.45, 2.75) is 33.2 Å². The maximum atomic E-state index is 13.1. The monoisotopic (exact) mass is 407 g/mol. The molecule has 2 heterocycles. The first-order valence-corrected chi connectivity index (χ1v) is 11.2. The Morgan fingerprint density at radius 2 is 1.53 bits per heavy atom. The van der Waals surface area contributed by atoms with E-state index in [1.807, 2.05) is 25.1 Å². The molecule has 2 aromatic carbocycles. The predicted octanol–water partition coefficient (Wildman–Crippen LogP) is 3.16. The number of nitrogens with zero attached hydrogens (tertiary/aromatic N) is 3. The van der Waals surface area contributed by atoms with Crippen molar-refractivity contribution in [3.8, 4) is 0 Å². The number of para-hydroxylation sites is 1. The number of β-amino-alcohol motifs (C(OH)–C–C–N with tert-alkyl or cyclic N) is 1. The lowest BCUT2D eigenvalue weighted by molar-refractivity contribution is 0.111. The van der Waals surface area contributed by atoms with Crippen molar-refractivity contribution in [3.63, 3.8) is 0 Å². The van der Waals surface area contributed by atoms with E-state index in [0.717, 1.165) is 86.0 Å². The van der Waals surface area contributed by atoms with Crippen LogP contribution in [0.4, 0.5) is 0 Å². The van der Waals surface area contributed by atoms with E-state index >= 15 is 0 Å². The molecule has 0 atom stereocenters. The Hall–Kier alpha value is -2.21. The highest BCUT2D eigenvalue weighted by Crippen LogP contribution is 2.24. The number of aliphatic hydroxyl groups is 1. The zero-order valence-corrected chi connectivity index (χ0v) is 18.2. The molecule has 0 bridgehead atoms. The summed E-state index contributed by atoms with van der Waals surface area (Å²) in [6, 6.07) is 12.3. The van der Waals surface area contributed by atoms with Crippen LogP contribution in [-0.2, 0) is 6.54 Å². The molecule has 5 nitrogen and oxygen atoms in total. The van der Waals surface area contributed by atoms with Gasteiger partial charge < -0.3 is 14.6 Å². The normalized spacial score (nSPS) is 16.0. The van der Waals surface area contributed by atoms with Gasteiger partial charge in [-0.1, -0.05) is 18.2 Å². The number of piperazine rings is 1. The number of hydrogen-bond acceptors (Lipinski definition) is 4. The van der Waals surface area contributed by atoms with Gasteiger partial charge in [-0.15, -0.1) is 0 Å². The molecule has 0 unspecified atom stereocenters. The summed E-state index contributed by atoms with van der Waals surface area (Å²) in [6.07, 6.45) is 2.23. The second kappa shape index (κ2) is 9.29. The Morgan fingerprint density at radius 3 is 2.27 bits per heavy atom. The number of fused-ring (bicyclic) bond motifs is 2. The standard InChI is InChI=1S/C25H33N3O2/c1-19-17-20(2)24-23(18-19)28(22-8-4-3-7-21(22)25(24)30)10-6-5-9-26-11-13-27(14-12-26)15-16-29/h3-4,7-8,17-18,29H,5-6,9-16H2,1-2H3. The number of rotatable bonds is 7. The summed E-state index contributed by atoms with van der Waals surface area (Å²) >= 11 is 0. The van der Waals surface area contributed by atoms with Gasteiger partial charge in [-0.3, -0.25) is 9.69 Å². The average molecular weight is 408 g/mol. The van der Waals surface area contributed by atoms with Gasteiger partial charge in [0, 0.05) is 50.0 Å². The SMILES string of the molecule is Cc1cc(C)c2c(=O)c3ccccc3n(CCCCN3CCN(CCO)CC3)c2c1. The molecule has 1 aliphatic rings. The molecule has 0 radical (unpaired) electrons. The minimum absolute atomic E-state index is 0.148. The molecule has 4 rings (SSSR count). The molecule has 1 fully saturated rings. The van der Waals surface area contributed by atoms with Crippen molar-refractivity contribution in [1.29, 1.82) is 0 Å². The average Bonchev–Trinajstić information content (AvgIpc) is 2.74. The highest BCUT2D eigenvalue weighted by atomic mass is 16.3. The molecule has 0 spiro atoms. The maximum absolute atomic E-state index is 13.1. The highest BCUT2D eigenvalue weighted by Gasteiger charge is 2.16. The third kappa shape index (κ3) is 4.29. The van der Waals surface area contributed by atoms with Gasteiger partial charge in [-0.2, -0.15) is 0 Å². The Morgan fingerprint density at radius 1 is 0.867 bits per heavy atom. The smallest absolute Gasteiger partial charge is 0.197 e. The molecule has 30 heavy (non-hydrogen) atoms. The number of aliphatic hydroxyl groups excluding tert-OH is 1. The fourth-order valence-electron chi connectivity index (χ4n) is 4.84. The van der Waals surface area contributed by atoms with Gasteiger partial charge in [-0.25, -0.2) is 0 Å². The zero-order chi connectivity index (χ0) is 21.1. The fourth-order valence-corrected chi connectivity index (χ4v) is 4.84. The van der Waals surface area contributed by atoms with E-state index in [-0.39, 0.29) is 12.0 Å². The van der Waals surface area contributed by atoms with Crippen molar-refractivity contribution < 1.29 is 5.11 Å². The summed E-state index contributed by atoms with van der Waals surface area (Å²) in [6.45, 7) is 11.5. The minimum Gasteiger partial charge on any atom is -0.395 e. The van der Waals surface area contributed by atoms with Crippen molar-refractivity contribution in [3.05, 3.63) is 57.7 Å². The number of unbranched alkanes of at least 4 members (excludes halogenated alkanes) is 1. The lowest BCUT2D eigenvalue weighted by Gasteiger charge is -2.34. The van der Waals surface area contributed by atoms with Gasteiger partial charge >= 0.3 is 0 Å². The van der Waals surface area contributed by atoms with Crippen molar-refractivity contribution in [2.24, 2.45) is 0 Å². The zero-order valence-electron chi connectivity index (χ0n) is 18.2. The topological polar surface area (TPSA) is 48.7 Å². The van der Waals surface area contributed by atoms with Crippen LogP contribution in [0.5, 0.6) is 0 Å². The molecular formula is C25H33N3O2. The molecule has 3 aromatic rings. The maximum Gasteiger partial charge on any atom is 0.197 e. The molecular weight excluding hydrogens is 374 g/mol. The van der Waals surface area contributed by atoms with Crippen LogP contribution in [0.15, 0.2) is 41.2 Å². The first-order chi connectivity index (χ1) is 14.6. The van der Waals surface area contributed by atoms with Crippen LogP contribution in [-0.4, -0.2) is 65.3 Å². The van der Waals surface area contributed by atoms with E-state index in [1.54, 1.807) is 0 Å². The Kier molecular flexibility index (Phi) is 6.52. The molecule has 1 saturated heterocycles. The number of aromatic nitrogens is 1. The third-order valence-electron chi connectivity index (χ3n) is 6.40. The van der Waals surface area contributed by atoms with Crippen molar-refractivity contribution in [1.82, 2.24) is 14.4 Å². The van der Waals surface area contributed by atoms with E-state index < -0.39 is 0 Å². The largest absolute Gasteiger partial charge is 0.395 e. The van der Waals surface area contributed by atoms with Crippen molar-refractivity contribution >= 4 is 21.8 Å². The van der Waals surface area contributed by atoms with Gasteiger partial charge in [0.15, 0.2) is 5.43 Å². The van der Waals surface area contributed by atoms with Gasteiger partial charge in [-0.05, 0) is 62.6 Å². The van der Waals surface area contributed by atoms with Crippen LogP contribution in [0, 0.1) is 13.8 Å². The number of hydrogen-bond donors (Lipinski definition) is 1. The van der Waals surface area contributed by atoms with Crippen LogP contribution in [0.1, 0.15) is 24.0 Å².